The number of fused-ring (bicyclic) bond motifs is 1. The average molecular weight is 483 g/mol. The molecule has 2 atom stereocenters. The van der Waals surface area contributed by atoms with Crippen molar-refractivity contribution in [3.63, 3.8) is 0 Å². The first-order valence-electron chi connectivity index (χ1n) is 11.9. The van der Waals surface area contributed by atoms with E-state index in [9.17, 15) is 12.8 Å². The molecular formula is C26H31FN4O2S. The van der Waals surface area contributed by atoms with E-state index in [1.165, 1.54) is 53.8 Å². The fourth-order valence-electron chi connectivity index (χ4n) is 5.24. The van der Waals surface area contributed by atoms with Crippen LogP contribution in [0.5, 0.6) is 0 Å². The first-order valence-corrected chi connectivity index (χ1v) is 13.4. The summed E-state index contributed by atoms with van der Waals surface area (Å²) in [4.78, 5) is 2.69. The van der Waals surface area contributed by atoms with Crippen LogP contribution in [0.2, 0.25) is 0 Å². The number of likely N-dealkylation sites (tertiary alicyclic amines) is 1. The van der Waals surface area contributed by atoms with Crippen LogP contribution in [0, 0.1) is 11.7 Å². The lowest BCUT2D eigenvalue weighted by Crippen LogP contribution is -2.41. The highest BCUT2D eigenvalue weighted by molar-refractivity contribution is 7.89. The SMILES string of the molecule is Cn1cc(S(=O)(=O)NCCc2ccc3c(c2)C(Cc2cccc(F)c2)C(CN2CCC2)C3)cn1. The number of halogens is 1. The van der Waals surface area contributed by atoms with Gasteiger partial charge in [0.05, 0.1) is 6.20 Å². The molecule has 0 radical (unpaired) electrons. The molecule has 2 aliphatic rings. The van der Waals surface area contributed by atoms with Crippen molar-refractivity contribution in [3.8, 4) is 0 Å². The lowest BCUT2D eigenvalue weighted by Gasteiger charge is -2.35. The molecule has 6 nitrogen and oxygen atoms in total. The molecule has 1 N–H and O–H groups in total. The van der Waals surface area contributed by atoms with Gasteiger partial charge in [-0.05, 0) is 85.0 Å². The summed E-state index contributed by atoms with van der Waals surface area (Å²) < 4.78 is 43.0. The van der Waals surface area contributed by atoms with Gasteiger partial charge in [0, 0.05) is 26.3 Å². The van der Waals surface area contributed by atoms with Crippen molar-refractivity contribution in [2.75, 3.05) is 26.2 Å². The molecule has 1 aliphatic heterocycles. The van der Waals surface area contributed by atoms with Crippen LogP contribution < -0.4 is 4.72 Å². The van der Waals surface area contributed by atoms with Gasteiger partial charge in [-0.2, -0.15) is 5.10 Å². The fourth-order valence-corrected chi connectivity index (χ4v) is 6.26. The second-order valence-electron chi connectivity index (χ2n) is 9.59. The number of aromatic nitrogens is 2. The van der Waals surface area contributed by atoms with Crippen LogP contribution in [0.3, 0.4) is 0 Å². The average Bonchev–Trinajstić information content (AvgIpc) is 3.35. The number of sulfonamides is 1. The summed E-state index contributed by atoms with van der Waals surface area (Å²) in [5.41, 5.74) is 4.84. The molecule has 2 unspecified atom stereocenters. The van der Waals surface area contributed by atoms with Crippen molar-refractivity contribution in [2.24, 2.45) is 13.0 Å². The molecule has 1 saturated heterocycles. The largest absolute Gasteiger partial charge is 0.303 e. The second kappa shape index (κ2) is 9.60. The Morgan fingerprint density at radius 1 is 1.15 bits per heavy atom. The van der Waals surface area contributed by atoms with Gasteiger partial charge in [-0.1, -0.05) is 30.3 Å². The molecule has 1 fully saturated rings. The number of aryl methyl sites for hydroxylation is 1. The number of benzene rings is 2. The summed E-state index contributed by atoms with van der Waals surface area (Å²) in [6.07, 6.45) is 6.59. The van der Waals surface area contributed by atoms with Gasteiger partial charge in [0.2, 0.25) is 10.0 Å². The van der Waals surface area contributed by atoms with Crippen molar-refractivity contribution in [3.05, 3.63) is 82.9 Å². The highest BCUT2D eigenvalue weighted by atomic mass is 32.2. The van der Waals surface area contributed by atoms with Crippen LogP contribution in [0.4, 0.5) is 4.39 Å². The molecule has 2 aromatic carbocycles. The summed E-state index contributed by atoms with van der Waals surface area (Å²) in [5, 5.41) is 3.94. The third-order valence-electron chi connectivity index (χ3n) is 7.14. The Morgan fingerprint density at radius 3 is 2.71 bits per heavy atom. The topological polar surface area (TPSA) is 67.2 Å². The van der Waals surface area contributed by atoms with Gasteiger partial charge >= 0.3 is 0 Å². The summed E-state index contributed by atoms with van der Waals surface area (Å²) >= 11 is 0. The molecule has 3 aromatic rings. The Morgan fingerprint density at radius 2 is 2.00 bits per heavy atom. The zero-order chi connectivity index (χ0) is 23.7. The first kappa shape index (κ1) is 23.2. The molecule has 0 bridgehead atoms. The van der Waals surface area contributed by atoms with Gasteiger partial charge in [0.1, 0.15) is 10.7 Å². The molecule has 0 saturated carbocycles. The number of hydrogen-bond donors (Lipinski definition) is 1. The Hall–Kier alpha value is -2.55. The first-order chi connectivity index (χ1) is 16.4. The molecule has 5 rings (SSSR count). The lowest BCUT2D eigenvalue weighted by molar-refractivity contribution is 0.145. The lowest BCUT2D eigenvalue weighted by atomic mass is 9.85. The summed E-state index contributed by atoms with van der Waals surface area (Å²) in [6, 6.07) is 13.5. The van der Waals surface area contributed by atoms with E-state index in [0.29, 0.717) is 24.8 Å². The normalized spacial score (nSPS) is 20.3. The predicted octanol–water partition coefficient (Wildman–Crippen LogP) is 3.28. The summed E-state index contributed by atoms with van der Waals surface area (Å²) in [6.45, 7) is 3.74. The zero-order valence-electron chi connectivity index (χ0n) is 19.5. The van der Waals surface area contributed by atoms with E-state index in [2.05, 4.69) is 32.9 Å². The fraction of sp³-hybridized carbons (Fsp3) is 0.423. The maximum absolute atomic E-state index is 13.9. The van der Waals surface area contributed by atoms with Gasteiger partial charge < -0.3 is 4.90 Å². The highest BCUT2D eigenvalue weighted by Crippen LogP contribution is 2.41. The molecule has 1 aliphatic carbocycles. The van der Waals surface area contributed by atoms with Gasteiger partial charge in [0.25, 0.3) is 0 Å². The van der Waals surface area contributed by atoms with E-state index in [1.54, 1.807) is 19.2 Å². The van der Waals surface area contributed by atoms with E-state index in [-0.39, 0.29) is 10.7 Å². The number of rotatable bonds is 9. The maximum Gasteiger partial charge on any atom is 0.243 e. The third-order valence-corrected chi connectivity index (χ3v) is 8.56. The van der Waals surface area contributed by atoms with Crippen molar-refractivity contribution in [1.82, 2.24) is 19.4 Å². The van der Waals surface area contributed by atoms with Crippen LogP contribution in [-0.4, -0.2) is 49.3 Å². The van der Waals surface area contributed by atoms with Crippen molar-refractivity contribution in [2.45, 2.75) is 36.5 Å². The van der Waals surface area contributed by atoms with Crippen LogP contribution in [0.15, 0.2) is 59.8 Å². The molecule has 2 heterocycles. The molecule has 34 heavy (non-hydrogen) atoms. The number of hydrogen-bond acceptors (Lipinski definition) is 4. The van der Waals surface area contributed by atoms with Crippen LogP contribution in [0.1, 0.15) is 34.6 Å². The maximum atomic E-state index is 13.9. The quantitative estimate of drug-likeness (QED) is 0.508. The van der Waals surface area contributed by atoms with Crippen molar-refractivity contribution in [1.29, 1.82) is 0 Å². The minimum atomic E-state index is -3.57. The van der Waals surface area contributed by atoms with E-state index in [0.717, 1.165) is 30.5 Å². The summed E-state index contributed by atoms with van der Waals surface area (Å²) in [5.74, 6) is 0.659. The standard InChI is InChI=1S/C26H31FN4O2S/c1-30-18-24(16-28-30)34(32,33)29-9-8-19-6-7-21-15-22(17-31-10-3-11-31)26(25(21)13-19)14-20-4-2-5-23(27)12-20/h2,4-7,12-13,16,18,22,26,29H,3,8-11,14-15,17H2,1H3. The van der Waals surface area contributed by atoms with E-state index < -0.39 is 10.0 Å². The van der Waals surface area contributed by atoms with E-state index >= 15 is 0 Å². The van der Waals surface area contributed by atoms with Gasteiger partial charge in [0.15, 0.2) is 0 Å². The predicted molar refractivity (Wildman–Crippen MR) is 130 cm³/mol. The molecule has 0 amide bonds. The molecule has 180 valence electrons. The van der Waals surface area contributed by atoms with E-state index in [1.807, 2.05) is 6.07 Å². The molecule has 1 aromatic heterocycles. The molecular weight excluding hydrogens is 451 g/mol. The Labute approximate surface area is 200 Å². The third kappa shape index (κ3) is 5.09. The highest BCUT2D eigenvalue weighted by Gasteiger charge is 2.34. The Balaban J connectivity index is 1.31. The smallest absolute Gasteiger partial charge is 0.243 e. The zero-order valence-corrected chi connectivity index (χ0v) is 20.3. The van der Waals surface area contributed by atoms with Crippen LogP contribution in [-0.2, 0) is 36.3 Å². The van der Waals surface area contributed by atoms with Crippen LogP contribution >= 0.6 is 0 Å². The molecule has 8 heteroatoms. The minimum absolute atomic E-state index is 0.174. The number of nitrogens with one attached hydrogen (secondary N) is 1. The summed E-state index contributed by atoms with van der Waals surface area (Å²) in [7, 11) is -1.88. The van der Waals surface area contributed by atoms with Crippen LogP contribution in [0.25, 0.3) is 0 Å². The number of nitrogens with zero attached hydrogens (tertiary/aromatic N) is 3. The second-order valence-corrected chi connectivity index (χ2v) is 11.4. The monoisotopic (exact) mass is 482 g/mol. The Kier molecular flexibility index (Phi) is 6.55. The minimum Gasteiger partial charge on any atom is -0.303 e. The van der Waals surface area contributed by atoms with Gasteiger partial charge in [-0.15, -0.1) is 0 Å². The molecule has 0 spiro atoms. The Bertz CT molecular complexity index is 1270. The van der Waals surface area contributed by atoms with Gasteiger partial charge in [-0.25, -0.2) is 17.5 Å². The van der Waals surface area contributed by atoms with Crippen molar-refractivity contribution >= 4 is 10.0 Å². The van der Waals surface area contributed by atoms with Gasteiger partial charge in [-0.3, -0.25) is 4.68 Å². The van der Waals surface area contributed by atoms with E-state index in [4.69, 9.17) is 0 Å². The van der Waals surface area contributed by atoms with Crippen molar-refractivity contribution < 1.29 is 12.8 Å².